The molecule has 0 spiro atoms. The Bertz CT molecular complexity index is 98.9. The van der Waals surface area contributed by atoms with E-state index >= 15 is 0 Å². The van der Waals surface area contributed by atoms with Crippen molar-refractivity contribution < 1.29 is 10.2 Å². The quantitative estimate of drug-likeness (QED) is 0.472. The van der Waals surface area contributed by atoms with Crippen molar-refractivity contribution >= 4 is 0 Å². The Morgan fingerprint density at radius 3 is 2.38 bits per heavy atom. The average molecular weight is 189 g/mol. The lowest BCUT2D eigenvalue weighted by Gasteiger charge is -2.16. The number of rotatable bonds is 9. The van der Waals surface area contributed by atoms with Crippen LogP contribution in [0.4, 0.5) is 0 Å². The maximum atomic E-state index is 8.79. The standard InChI is InChI=1S/C10H23NO2/c1-2-3-4-5-10(6-8-12)11-7-9-13/h10-13H,2-9H2,1H3. The first-order chi connectivity index (χ1) is 6.35. The molecule has 0 aliphatic heterocycles. The van der Waals surface area contributed by atoms with Gasteiger partial charge in [0.25, 0.3) is 0 Å². The first-order valence-electron chi connectivity index (χ1n) is 5.30. The molecule has 0 aromatic rings. The fraction of sp³-hybridized carbons (Fsp3) is 1.00. The van der Waals surface area contributed by atoms with Crippen LogP contribution in [-0.2, 0) is 0 Å². The van der Waals surface area contributed by atoms with E-state index in [0.717, 1.165) is 12.8 Å². The van der Waals surface area contributed by atoms with Gasteiger partial charge in [-0.3, -0.25) is 0 Å². The Balaban J connectivity index is 3.41. The van der Waals surface area contributed by atoms with Crippen LogP contribution in [0.25, 0.3) is 0 Å². The minimum atomic E-state index is 0.176. The van der Waals surface area contributed by atoms with Gasteiger partial charge in [0, 0.05) is 19.2 Å². The molecule has 3 nitrogen and oxygen atoms in total. The van der Waals surface area contributed by atoms with Gasteiger partial charge in [0.15, 0.2) is 0 Å². The summed E-state index contributed by atoms with van der Waals surface area (Å²) in [7, 11) is 0. The number of aliphatic hydroxyl groups is 2. The normalized spacial score (nSPS) is 13.2. The molecule has 0 fully saturated rings. The Kier molecular flexibility index (Phi) is 9.87. The van der Waals surface area contributed by atoms with E-state index < -0.39 is 0 Å². The van der Waals surface area contributed by atoms with E-state index in [9.17, 15) is 0 Å². The molecule has 80 valence electrons. The predicted molar refractivity (Wildman–Crippen MR) is 54.7 cm³/mol. The molecule has 0 radical (unpaired) electrons. The Morgan fingerprint density at radius 2 is 1.85 bits per heavy atom. The highest BCUT2D eigenvalue weighted by Gasteiger charge is 2.05. The zero-order valence-corrected chi connectivity index (χ0v) is 8.63. The summed E-state index contributed by atoms with van der Waals surface area (Å²) in [5.41, 5.74) is 0. The van der Waals surface area contributed by atoms with E-state index in [4.69, 9.17) is 10.2 Å². The third kappa shape index (κ3) is 8.22. The lowest BCUT2D eigenvalue weighted by Crippen LogP contribution is -2.32. The molecule has 0 amide bonds. The van der Waals surface area contributed by atoms with Crippen LogP contribution in [0.1, 0.15) is 39.0 Å². The molecule has 3 N–H and O–H groups in total. The van der Waals surface area contributed by atoms with Crippen molar-refractivity contribution in [3.05, 3.63) is 0 Å². The molecule has 0 heterocycles. The lowest BCUT2D eigenvalue weighted by atomic mass is 10.1. The molecule has 0 bridgehead atoms. The molecule has 0 aromatic carbocycles. The van der Waals surface area contributed by atoms with Gasteiger partial charge in [-0.2, -0.15) is 0 Å². The van der Waals surface area contributed by atoms with Crippen LogP contribution in [0.2, 0.25) is 0 Å². The summed E-state index contributed by atoms with van der Waals surface area (Å²) in [4.78, 5) is 0. The first kappa shape index (κ1) is 12.9. The molecule has 1 atom stereocenters. The van der Waals surface area contributed by atoms with Gasteiger partial charge >= 0.3 is 0 Å². The summed E-state index contributed by atoms with van der Waals surface area (Å²) >= 11 is 0. The number of nitrogens with one attached hydrogen (secondary N) is 1. The van der Waals surface area contributed by atoms with Gasteiger partial charge in [-0.25, -0.2) is 0 Å². The van der Waals surface area contributed by atoms with Crippen molar-refractivity contribution in [2.75, 3.05) is 19.8 Å². The van der Waals surface area contributed by atoms with Gasteiger partial charge < -0.3 is 15.5 Å². The number of hydrogen-bond acceptors (Lipinski definition) is 3. The Hall–Kier alpha value is -0.120. The molecule has 0 aliphatic rings. The fourth-order valence-corrected chi connectivity index (χ4v) is 1.41. The zero-order valence-electron chi connectivity index (χ0n) is 8.63. The lowest BCUT2D eigenvalue weighted by molar-refractivity contribution is 0.243. The number of hydrogen-bond donors (Lipinski definition) is 3. The summed E-state index contributed by atoms with van der Waals surface area (Å²) in [5.74, 6) is 0. The zero-order chi connectivity index (χ0) is 9.94. The molecule has 0 saturated carbocycles. The van der Waals surface area contributed by atoms with Gasteiger partial charge in [-0.05, 0) is 12.8 Å². The van der Waals surface area contributed by atoms with E-state index in [2.05, 4.69) is 12.2 Å². The highest BCUT2D eigenvalue weighted by molar-refractivity contribution is 4.65. The van der Waals surface area contributed by atoms with E-state index in [-0.39, 0.29) is 13.2 Å². The molecule has 0 saturated heterocycles. The van der Waals surface area contributed by atoms with Crippen LogP contribution >= 0.6 is 0 Å². The van der Waals surface area contributed by atoms with Gasteiger partial charge in [-0.15, -0.1) is 0 Å². The van der Waals surface area contributed by atoms with Crippen LogP contribution < -0.4 is 5.32 Å². The van der Waals surface area contributed by atoms with Crippen LogP contribution in [0, 0.1) is 0 Å². The van der Waals surface area contributed by atoms with Crippen molar-refractivity contribution in [2.24, 2.45) is 0 Å². The SMILES string of the molecule is CCCCCC(CCO)NCCO. The smallest absolute Gasteiger partial charge is 0.0556 e. The van der Waals surface area contributed by atoms with Crippen molar-refractivity contribution in [1.82, 2.24) is 5.32 Å². The largest absolute Gasteiger partial charge is 0.396 e. The summed E-state index contributed by atoms with van der Waals surface area (Å²) < 4.78 is 0. The maximum absolute atomic E-state index is 8.79. The van der Waals surface area contributed by atoms with Gasteiger partial charge in [-0.1, -0.05) is 26.2 Å². The summed E-state index contributed by atoms with van der Waals surface area (Å²) in [6.45, 7) is 3.23. The molecule has 3 heteroatoms. The first-order valence-corrected chi connectivity index (χ1v) is 5.30. The van der Waals surface area contributed by atoms with Crippen molar-refractivity contribution in [3.8, 4) is 0 Å². The molecule has 0 aromatic heterocycles. The molecule has 13 heavy (non-hydrogen) atoms. The van der Waals surface area contributed by atoms with Gasteiger partial charge in [0.2, 0.25) is 0 Å². The van der Waals surface area contributed by atoms with Crippen LogP contribution in [-0.4, -0.2) is 36.0 Å². The maximum Gasteiger partial charge on any atom is 0.0556 e. The van der Waals surface area contributed by atoms with Crippen LogP contribution in [0.3, 0.4) is 0 Å². The van der Waals surface area contributed by atoms with E-state index in [1.807, 2.05) is 0 Å². The van der Waals surface area contributed by atoms with Gasteiger partial charge in [0.1, 0.15) is 0 Å². The van der Waals surface area contributed by atoms with Crippen molar-refractivity contribution in [3.63, 3.8) is 0 Å². The predicted octanol–water partition coefficient (Wildman–Crippen LogP) is 0.900. The highest BCUT2D eigenvalue weighted by atomic mass is 16.3. The molecule has 0 aliphatic carbocycles. The third-order valence-electron chi connectivity index (χ3n) is 2.18. The summed E-state index contributed by atoms with van der Waals surface area (Å²) in [6, 6.07) is 0.378. The molecular weight excluding hydrogens is 166 g/mol. The van der Waals surface area contributed by atoms with E-state index in [0.29, 0.717) is 12.6 Å². The van der Waals surface area contributed by atoms with E-state index in [1.54, 1.807) is 0 Å². The minimum Gasteiger partial charge on any atom is -0.396 e. The minimum absolute atomic E-state index is 0.176. The fourth-order valence-electron chi connectivity index (χ4n) is 1.41. The topological polar surface area (TPSA) is 52.5 Å². The second-order valence-electron chi connectivity index (χ2n) is 3.38. The second-order valence-corrected chi connectivity index (χ2v) is 3.38. The average Bonchev–Trinajstić information content (AvgIpc) is 2.14. The van der Waals surface area contributed by atoms with Crippen LogP contribution in [0.15, 0.2) is 0 Å². The molecular formula is C10H23NO2. The van der Waals surface area contributed by atoms with Crippen LogP contribution in [0.5, 0.6) is 0 Å². The summed E-state index contributed by atoms with van der Waals surface area (Å²) in [5, 5.41) is 20.6. The van der Waals surface area contributed by atoms with Crippen molar-refractivity contribution in [2.45, 2.75) is 45.1 Å². The Labute approximate surface area is 81.2 Å². The van der Waals surface area contributed by atoms with Crippen molar-refractivity contribution in [1.29, 1.82) is 0 Å². The van der Waals surface area contributed by atoms with E-state index in [1.165, 1.54) is 19.3 Å². The molecule has 1 unspecified atom stereocenters. The number of aliphatic hydroxyl groups excluding tert-OH is 2. The Morgan fingerprint density at radius 1 is 1.08 bits per heavy atom. The second kappa shape index (κ2) is 9.96. The monoisotopic (exact) mass is 189 g/mol. The summed E-state index contributed by atoms with van der Waals surface area (Å²) in [6.07, 6.45) is 5.59. The molecule has 0 rings (SSSR count). The number of unbranched alkanes of at least 4 members (excludes halogenated alkanes) is 2. The highest BCUT2D eigenvalue weighted by Crippen LogP contribution is 2.05. The third-order valence-corrected chi connectivity index (χ3v) is 2.18. The van der Waals surface area contributed by atoms with Gasteiger partial charge in [0.05, 0.1) is 6.61 Å².